The number of hydrogen-bond acceptors (Lipinski definition) is 6. The molecule has 0 fully saturated rings. The zero-order valence-electron chi connectivity index (χ0n) is 14.6. The van der Waals surface area contributed by atoms with Gasteiger partial charge in [-0.1, -0.05) is 19.1 Å². The van der Waals surface area contributed by atoms with Crippen molar-refractivity contribution in [2.24, 2.45) is 0 Å². The highest BCUT2D eigenvalue weighted by molar-refractivity contribution is 7.15. The van der Waals surface area contributed by atoms with E-state index < -0.39 is 0 Å². The zero-order valence-corrected chi connectivity index (χ0v) is 15.4. The van der Waals surface area contributed by atoms with Crippen LogP contribution in [-0.2, 0) is 17.8 Å². The van der Waals surface area contributed by atoms with Crippen LogP contribution in [0.3, 0.4) is 0 Å². The molecule has 0 aliphatic carbocycles. The molecule has 2 aromatic rings. The molecule has 0 bridgehead atoms. The highest BCUT2D eigenvalue weighted by atomic mass is 32.1. The van der Waals surface area contributed by atoms with Crippen molar-refractivity contribution in [3.8, 4) is 11.8 Å². The molecule has 1 aromatic carbocycles. The van der Waals surface area contributed by atoms with Crippen molar-refractivity contribution in [1.82, 2.24) is 9.88 Å². The van der Waals surface area contributed by atoms with Gasteiger partial charge in [0.25, 0.3) is 0 Å². The smallest absolute Gasteiger partial charge is 0.250 e. The van der Waals surface area contributed by atoms with E-state index >= 15 is 0 Å². The van der Waals surface area contributed by atoms with Crippen LogP contribution < -0.4 is 10.1 Å². The topological polar surface area (TPSA) is 78.2 Å². The van der Waals surface area contributed by atoms with Crippen LogP contribution in [0.25, 0.3) is 6.08 Å². The van der Waals surface area contributed by atoms with Crippen LogP contribution >= 0.6 is 11.3 Å². The lowest BCUT2D eigenvalue weighted by Gasteiger charge is -2.23. The summed E-state index contributed by atoms with van der Waals surface area (Å²) < 4.78 is 5.20. The SMILES string of the molecule is CCN1CCc2nc(NC(=O)/C=C/c3ccc(OCC#N)cc3)sc2C1. The van der Waals surface area contributed by atoms with Crippen molar-refractivity contribution in [2.45, 2.75) is 19.9 Å². The molecule has 7 heteroatoms. The Morgan fingerprint density at radius 2 is 2.27 bits per heavy atom. The van der Waals surface area contributed by atoms with Crippen molar-refractivity contribution in [3.05, 3.63) is 46.5 Å². The van der Waals surface area contributed by atoms with Crippen LogP contribution in [0.15, 0.2) is 30.3 Å². The number of fused-ring (bicyclic) bond motifs is 1. The van der Waals surface area contributed by atoms with Gasteiger partial charge in [0.2, 0.25) is 5.91 Å². The molecule has 1 aromatic heterocycles. The Bertz CT molecular complexity index is 836. The molecule has 1 amide bonds. The van der Waals surface area contributed by atoms with E-state index in [1.807, 2.05) is 18.2 Å². The fraction of sp³-hybridized carbons (Fsp3) is 0.316. The van der Waals surface area contributed by atoms with Gasteiger partial charge < -0.3 is 4.74 Å². The largest absolute Gasteiger partial charge is 0.479 e. The Balaban J connectivity index is 1.56. The zero-order chi connectivity index (χ0) is 18.4. The number of nitrogens with one attached hydrogen (secondary N) is 1. The van der Waals surface area contributed by atoms with Crippen molar-refractivity contribution < 1.29 is 9.53 Å². The first-order valence-electron chi connectivity index (χ1n) is 8.47. The number of carbonyl (C=O) groups excluding carboxylic acids is 1. The second kappa shape index (κ2) is 8.61. The van der Waals surface area contributed by atoms with E-state index in [-0.39, 0.29) is 12.5 Å². The highest BCUT2D eigenvalue weighted by Crippen LogP contribution is 2.28. The average molecular weight is 368 g/mol. The summed E-state index contributed by atoms with van der Waals surface area (Å²) in [6.45, 7) is 5.14. The molecule has 1 aliphatic rings. The van der Waals surface area contributed by atoms with Gasteiger partial charge in [-0.05, 0) is 30.3 Å². The van der Waals surface area contributed by atoms with Crippen LogP contribution in [0.2, 0.25) is 0 Å². The first-order chi connectivity index (χ1) is 12.7. The third-order valence-electron chi connectivity index (χ3n) is 4.10. The van der Waals surface area contributed by atoms with E-state index in [1.165, 1.54) is 11.0 Å². The summed E-state index contributed by atoms with van der Waals surface area (Å²) in [5.74, 6) is 0.427. The first kappa shape index (κ1) is 18.1. The average Bonchev–Trinajstić information content (AvgIpc) is 3.06. The molecule has 0 saturated heterocycles. The number of nitrogens with zero attached hydrogens (tertiary/aromatic N) is 3. The molecule has 6 nitrogen and oxygen atoms in total. The van der Waals surface area contributed by atoms with Crippen molar-refractivity contribution in [3.63, 3.8) is 0 Å². The minimum absolute atomic E-state index is 0.0192. The van der Waals surface area contributed by atoms with Gasteiger partial charge in [0.1, 0.15) is 11.8 Å². The minimum atomic E-state index is -0.201. The number of thiazole rings is 1. The summed E-state index contributed by atoms with van der Waals surface area (Å²) in [4.78, 5) is 20.3. The molecule has 26 heavy (non-hydrogen) atoms. The van der Waals surface area contributed by atoms with E-state index in [1.54, 1.807) is 29.5 Å². The summed E-state index contributed by atoms with van der Waals surface area (Å²) in [5, 5.41) is 12.0. The minimum Gasteiger partial charge on any atom is -0.479 e. The quantitative estimate of drug-likeness (QED) is 0.793. The number of nitriles is 1. The van der Waals surface area contributed by atoms with Gasteiger partial charge in [0, 0.05) is 30.5 Å². The number of anilines is 1. The van der Waals surface area contributed by atoms with Gasteiger partial charge in [-0.15, -0.1) is 11.3 Å². The standard InChI is InChI=1S/C19H20N4O2S/c1-2-23-11-9-16-17(13-23)26-19(21-16)22-18(24)8-5-14-3-6-15(7-4-14)25-12-10-20/h3-8H,2,9,11-13H2,1H3,(H,21,22,24)/b8-5+. The molecular weight excluding hydrogens is 348 g/mol. The number of benzene rings is 1. The molecule has 0 atom stereocenters. The second-order valence-corrected chi connectivity index (χ2v) is 6.93. The first-order valence-corrected chi connectivity index (χ1v) is 9.29. The van der Waals surface area contributed by atoms with Gasteiger partial charge >= 0.3 is 0 Å². The molecule has 0 unspecified atom stereocenters. The van der Waals surface area contributed by atoms with E-state index in [9.17, 15) is 4.79 Å². The van der Waals surface area contributed by atoms with Crippen LogP contribution in [0, 0.1) is 11.3 Å². The van der Waals surface area contributed by atoms with Gasteiger partial charge in [0.15, 0.2) is 11.7 Å². The number of likely N-dealkylation sites (N-methyl/N-ethyl adjacent to an activating group) is 1. The lowest BCUT2D eigenvalue weighted by atomic mass is 10.2. The number of hydrogen-bond donors (Lipinski definition) is 1. The molecule has 3 rings (SSSR count). The van der Waals surface area contributed by atoms with Crippen LogP contribution in [-0.4, -0.2) is 35.5 Å². The summed E-state index contributed by atoms with van der Waals surface area (Å²) in [5.41, 5.74) is 1.98. The molecule has 1 aliphatic heterocycles. The lowest BCUT2D eigenvalue weighted by molar-refractivity contribution is -0.111. The van der Waals surface area contributed by atoms with Gasteiger partial charge in [0.05, 0.1) is 5.69 Å². The fourth-order valence-corrected chi connectivity index (χ4v) is 3.73. The summed E-state index contributed by atoms with van der Waals surface area (Å²) in [6, 6.07) is 9.12. The second-order valence-electron chi connectivity index (χ2n) is 5.85. The van der Waals surface area contributed by atoms with E-state index in [4.69, 9.17) is 10.00 Å². The Hall–Kier alpha value is -2.69. The van der Waals surface area contributed by atoms with E-state index in [2.05, 4.69) is 22.1 Å². The summed E-state index contributed by atoms with van der Waals surface area (Å²) in [7, 11) is 0. The number of carbonyl (C=O) groups is 1. The highest BCUT2D eigenvalue weighted by Gasteiger charge is 2.19. The lowest BCUT2D eigenvalue weighted by Crippen LogP contribution is -2.29. The molecule has 134 valence electrons. The van der Waals surface area contributed by atoms with E-state index in [0.29, 0.717) is 10.9 Å². The van der Waals surface area contributed by atoms with E-state index in [0.717, 1.165) is 37.3 Å². The van der Waals surface area contributed by atoms with Crippen LogP contribution in [0.5, 0.6) is 5.75 Å². The van der Waals surface area contributed by atoms with Crippen LogP contribution in [0.4, 0.5) is 5.13 Å². The monoisotopic (exact) mass is 368 g/mol. The Morgan fingerprint density at radius 1 is 1.46 bits per heavy atom. The van der Waals surface area contributed by atoms with Gasteiger partial charge in [-0.2, -0.15) is 5.26 Å². The van der Waals surface area contributed by atoms with Crippen molar-refractivity contribution in [1.29, 1.82) is 5.26 Å². The van der Waals surface area contributed by atoms with Crippen LogP contribution in [0.1, 0.15) is 23.1 Å². The number of rotatable bonds is 6. The molecule has 0 radical (unpaired) electrons. The van der Waals surface area contributed by atoms with Crippen molar-refractivity contribution >= 4 is 28.5 Å². The Labute approximate surface area is 156 Å². The normalized spacial score (nSPS) is 14.0. The van der Waals surface area contributed by atoms with Crippen molar-refractivity contribution in [2.75, 3.05) is 25.0 Å². The van der Waals surface area contributed by atoms with Gasteiger partial charge in [-0.25, -0.2) is 4.98 Å². The Morgan fingerprint density at radius 3 is 3.00 bits per heavy atom. The number of aromatic nitrogens is 1. The summed E-state index contributed by atoms with van der Waals surface area (Å²) in [6.07, 6.45) is 4.16. The third-order valence-corrected chi connectivity index (χ3v) is 5.10. The molecule has 0 spiro atoms. The number of amides is 1. The molecule has 0 saturated carbocycles. The fourth-order valence-electron chi connectivity index (χ4n) is 2.68. The predicted molar refractivity (Wildman–Crippen MR) is 102 cm³/mol. The third kappa shape index (κ3) is 4.69. The predicted octanol–water partition coefficient (Wildman–Crippen LogP) is 3.08. The van der Waals surface area contributed by atoms with Gasteiger partial charge in [-0.3, -0.25) is 15.0 Å². The Kier molecular flexibility index (Phi) is 6.00. The molecule has 1 N–H and O–H groups in total. The number of ether oxygens (including phenoxy) is 1. The maximum atomic E-state index is 12.1. The maximum Gasteiger partial charge on any atom is 0.250 e. The molecular formula is C19H20N4O2S. The maximum absolute atomic E-state index is 12.1. The summed E-state index contributed by atoms with van der Waals surface area (Å²) >= 11 is 1.55. The molecule has 2 heterocycles.